The van der Waals surface area contributed by atoms with Gasteiger partial charge in [0, 0.05) is 45.8 Å². The fourth-order valence-electron chi connectivity index (χ4n) is 2.14. The summed E-state index contributed by atoms with van der Waals surface area (Å²) in [6, 6.07) is 0. The fourth-order valence-corrected chi connectivity index (χ4v) is 2.14. The van der Waals surface area contributed by atoms with E-state index in [1.165, 1.54) is 0 Å². The molecule has 1 heterocycles. The molecule has 0 spiro atoms. The minimum Gasteiger partial charge on any atom is -0.481 e. The molecule has 18 heavy (non-hydrogen) atoms. The SMILES string of the molecule is CN(C)CCN1CCN(CC(C)(C)C(=O)O)CC1. The second-order valence-corrected chi connectivity index (χ2v) is 6.11. The van der Waals surface area contributed by atoms with E-state index in [1.54, 1.807) is 13.8 Å². The highest BCUT2D eigenvalue weighted by Gasteiger charge is 2.30. The van der Waals surface area contributed by atoms with E-state index in [1.807, 2.05) is 0 Å². The number of hydrogen-bond acceptors (Lipinski definition) is 4. The van der Waals surface area contributed by atoms with Crippen molar-refractivity contribution in [2.45, 2.75) is 13.8 Å². The largest absolute Gasteiger partial charge is 0.481 e. The van der Waals surface area contributed by atoms with Gasteiger partial charge in [0.05, 0.1) is 5.41 Å². The minimum atomic E-state index is -0.711. The summed E-state index contributed by atoms with van der Waals surface area (Å²) in [6.45, 7) is 10.5. The molecule has 0 aromatic carbocycles. The van der Waals surface area contributed by atoms with Gasteiger partial charge in [-0.25, -0.2) is 0 Å². The molecule has 1 fully saturated rings. The Morgan fingerprint density at radius 1 is 1.17 bits per heavy atom. The summed E-state index contributed by atoms with van der Waals surface area (Å²) in [4.78, 5) is 18.0. The Bertz CT molecular complexity index is 271. The van der Waals surface area contributed by atoms with Gasteiger partial charge in [0.25, 0.3) is 0 Å². The van der Waals surface area contributed by atoms with Gasteiger partial charge < -0.3 is 10.0 Å². The van der Waals surface area contributed by atoms with E-state index in [0.717, 1.165) is 39.3 Å². The monoisotopic (exact) mass is 257 g/mol. The molecule has 0 aliphatic carbocycles. The predicted molar refractivity (Wildman–Crippen MR) is 72.9 cm³/mol. The summed E-state index contributed by atoms with van der Waals surface area (Å²) in [5.74, 6) is -0.711. The number of carboxylic acid groups (broad SMARTS) is 1. The molecule has 0 atom stereocenters. The lowest BCUT2D eigenvalue weighted by atomic mass is 9.93. The summed E-state index contributed by atoms with van der Waals surface area (Å²) >= 11 is 0. The standard InChI is InChI=1S/C13H27N3O2/c1-13(2,12(17)18)11-16-9-7-15(8-10-16)6-5-14(3)4/h5-11H2,1-4H3,(H,17,18). The van der Waals surface area contributed by atoms with Crippen LogP contribution in [0.2, 0.25) is 0 Å². The lowest BCUT2D eigenvalue weighted by Crippen LogP contribution is -2.51. The van der Waals surface area contributed by atoms with Crippen LogP contribution in [0, 0.1) is 5.41 Å². The van der Waals surface area contributed by atoms with Crippen LogP contribution >= 0.6 is 0 Å². The van der Waals surface area contributed by atoms with E-state index in [4.69, 9.17) is 5.11 Å². The normalized spacial score (nSPS) is 19.4. The molecule has 1 rings (SSSR count). The number of hydrogen-bond donors (Lipinski definition) is 1. The van der Waals surface area contributed by atoms with Crippen molar-refractivity contribution in [3.8, 4) is 0 Å². The van der Waals surface area contributed by atoms with Gasteiger partial charge in [0.15, 0.2) is 0 Å². The number of nitrogens with zero attached hydrogens (tertiary/aromatic N) is 3. The Hall–Kier alpha value is -0.650. The average molecular weight is 257 g/mol. The van der Waals surface area contributed by atoms with Crippen LogP contribution in [-0.2, 0) is 4.79 Å². The first-order valence-corrected chi connectivity index (χ1v) is 6.64. The Morgan fingerprint density at radius 2 is 1.67 bits per heavy atom. The van der Waals surface area contributed by atoms with Crippen molar-refractivity contribution in [2.24, 2.45) is 5.41 Å². The Labute approximate surface area is 110 Å². The van der Waals surface area contributed by atoms with E-state index in [-0.39, 0.29) is 0 Å². The van der Waals surface area contributed by atoms with Gasteiger partial charge in [0.1, 0.15) is 0 Å². The molecule has 0 aromatic heterocycles. The lowest BCUT2D eigenvalue weighted by molar-refractivity contribution is -0.148. The van der Waals surface area contributed by atoms with Gasteiger partial charge in [-0.05, 0) is 27.9 Å². The van der Waals surface area contributed by atoms with Crippen molar-refractivity contribution >= 4 is 5.97 Å². The molecule has 1 saturated heterocycles. The van der Waals surface area contributed by atoms with Crippen LogP contribution in [0.1, 0.15) is 13.8 Å². The molecule has 106 valence electrons. The van der Waals surface area contributed by atoms with Crippen molar-refractivity contribution in [3.05, 3.63) is 0 Å². The van der Waals surface area contributed by atoms with Crippen LogP contribution < -0.4 is 0 Å². The summed E-state index contributed by atoms with van der Waals surface area (Å²) < 4.78 is 0. The molecule has 0 bridgehead atoms. The number of piperazine rings is 1. The van der Waals surface area contributed by atoms with Crippen molar-refractivity contribution in [1.82, 2.24) is 14.7 Å². The summed E-state index contributed by atoms with van der Waals surface area (Å²) in [5.41, 5.74) is -0.647. The third-order valence-corrected chi connectivity index (χ3v) is 3.53. The first kappa shape index (κ1) is 15.4. The summed E-state index contributed by atoms with van der Waals surface area (Å²) in [6.07, 6.45) is 0. The smallest absolute Gasteiger partial charge is 0.310 e. The highest BCUT2D eigenvalue weighted by Crippen LogP contribution is 2.18. The third kappa shape index (κ3) is 4.92. The minimum absolute atomic E-state index is 0.643. The first-order chi connectivity index (χ1) is 8.31. The molecule has 5 heteroatoms. The van der Waals surface area contributed by atoms with Gasteiger partial charge in [-0.3, -0.25) is 14.6 Å². The van der Waals surface area contributed by atoms with Crippen LogP contribution in [0.3, 0.4) is 0 Å². The Morgan fingerprint density at radius 3 is 2.11 bits per heavy atom. The van der Waals surface area contributed by atoms with Gasteiger partial charge in [0.2, 0.25) is 0 Å². The molecular formula is C13H27N3O2. The molecule has 0 radical (unpaired) electrons. The topological polar surface area (TPSA) is 47.0 Å². The second kappa shape index (κ2) is 6.50. The molecule has 0 aromatic rings. The highest BCUT2D eigenvalue weighted by molar-refractivity contribution is 5.73. The zero-order valence-electron chi connectivity index (χ0n) is 12.1. The summed E-state index contributed by atoms with van der Waals surface area (Å²) in [5, 5.41) is 9.13. The third-order valence-electron chi connectivity index (χ3n) is 3.53. The maximum absolute atomic E-state index is 11.1. The van der Waals surface area contributed by atoms with Gasteiger partial charge in [-0.1, -0.05) is 0 Å². The number of aliphatic carboxylic acids is 1. The predicted octanol–water partition coefficient (Wildman–Crippen LogP) is 0.276. The van der Waals surface area contributed by atoms with Gasteiger partial charge >= 0.3 is 5.97 Å². The van der Waals surface area contributed by atoms with Crippen molar-refractivity contribution in [3.63, 3.8) is 0 Å². The zero-order chi connectivity index (χ0) is 13.8. The zero-order valence-corrected chi connectivity index (χ0v) is 12.1. The van der Waals surface area contributed by atoms with Crippen LogP contribution in [0.25, 0.3) is 0 Å². The van der Waals surface area contributed by atoms with Gasteiger partial charge in [-0.2, -0.15) is 0 Å². The van der Waals surface area contributed by atoms with Crippen molar-refractivity contribution in [1.29, 1.82) is 0 Å². The quantitative estimate of drug-likeness (QED) is 0.740. The second-order valence-electron chi connectivity index (χ2n) is 6.11. The van der Waals surface area contributed by atoms with Crippen LogP contribution in [0.5, 0.6) is 0 Å². The van der Waals surface area contributed by atoms with E-state index in [2.05, 4.69) is 28.8 Å². The van der Waals surface area contributed by atoms with Crippen molar-refractivity contribution < 1.29 is 9.90 Å². The Balaban J connectivity index is 2.29. The van der Waals surface area contributed by atoms with E-state index < -0.39 is 11.4 Å². The number of rotatable bonds is 6. The number of carbonyl (C=O) groups is 1. The molecule has 5 nitrogen and oxygen atoms in total. The molecule has 0 unspecified atom stereocenters. The molecule has 1 N–H and O–H groups in total. The van der Waals surface area contributed by atoms with Crippen LogP contribution in [0.4, 0.5) is 0 Å². The average Bonchev–Trinajstić information content (AvgIpc) is 2.27. The van der Waals surface area contributed by atoms with E-state index in [9.17, 15) is 4.79 Å². The fraction of sp³-hybridized carbons (Fsp3) is 0.923. The Kier molecular flexibility index (Phi) is 5.56. The maximum Gasteiger partial charge on any atom is 0.310 e. The van der Waals surface area contributed by atoms with E-state index >= 15 is 0 Å². The summed E-state index contributed by atoms with van der Waals surface area (Å²) in [7, 11) is 4.18. The molecule has 1 aliphatic heterocycles. The van der Waals surface area contributed by atoms with Crippen molar-refractivity contribution in [2.75, 3.05) is 59.9 Å². The van der Waals surface area contributed by atoms with E-state index in [0.29, 0.717) is 6.54 Å². The molecule has 1 aliphatic rings. The molecular weight excluding hydrogens is 230 g/mol. The number of likely N-dealkylation sites (N-methyl/N-ethyl adjacent to an activating group) is 1. The lowest BCUT2D eigenvalue weighted by Gasteiger charge is -2.37. The van der Waals surface area contributed by atoms with Crippen LogP contribution in [0.15, 0.2) is 0 Å². The van der Waals surface area contributed by atoms with Gasteiger partial charge in [-0.15, -0.1) is 0 Å². The number of carboxylic acids is 1. The van der Waals surface area contributed by atoms with Crippen LogP contribution in [-0.4, -0.2) is 85.7 Å². The molecule has 0 saturated carbocycles. The highest BCUT2D eigenvalue weighted by atomic mass is 16.4. The maximum atomic E-state index is 11.1. The first-order valence-electron chi connectivity index (χ1n) is 6.64. The molecule has 0 amide bonds.